The van der Waals surface area contributed by atoms with E-state index in [0.29, 0.717) is 19.8 Å². The number of nitrogens with zero attached hydrogens (tertiary/aromatic N) is 3. The maximum absolute atomic E-state index is 12.0. The van der Waals surface area contributed by atoms with E-state index in [4.69, 9.17) is 9.47 Å². The lowest BCUT2D eigenvalue weighted by Crippen LogP contribution is -2.51. The van der Waals surface area contributed by atoms with Gasteiger partial charge in [0.15, 0.2) is 0 Å². The first-order valence-electron chi connectivity index (χ1n) is 8.62. The summed E-state index contributed by atoms with van der Waals surface area (Å²) in [5.41, 5.74) is -0.454. The molecule has 1 amide bonds. The number of ether oxygens (including phenoxy) is 2. The van der Waals surface area contributed by atoms with E-state index in [-0.39, 0.29) is 12.0 Å². The molecule has 0 saturated carbocycles. The van der Waals surface area contributed by atoms with Crippen molar-refractivity contribution < 1.29 is 14.3 Å². The summed E-state index contributed by atoms with van der Waals surface area (Å²) in [7, 11) is -1.06. The Hall–Kier alpha value is -1.34. The Balaban J connectivity index is 1.79. The molecule has 136 valence electrons. The zero-order chi connectivity index (χ0) is 18.0. The molecule has 1 aromatic heterocycles. The molecule has 7 heteroatoms. The third kappa shape index (κ3) is 5.63. The number of carbonyl (C=O) groups excluding carboxylic acids is 1. The average molecular weight is 354 g/mol. The number of amides is 1. The second-order valence-electron chi connectivity index (χ2n) is 8.69. The van der Waals surface area contributed by atoms with Crippen molar-refractivity contribution in [2.24, 2.45) is 0 Å². The molecule has 0 atom stereocenters. The summed E-state index contributed by atoms with van der Waals surface area (Å²) < 4.78 is 13.2. The molecule has 2 heterocycles. The van der Waals surface area contributed by atoms with Gasteiger partial charge in [-0.3, -0.25) is 0 Å². The number of aromatic nitrogens is 2. The van der Waals surface area contributed by atoms with Gasteiger partial charge in [-0.25, -0.2) is 9.78 Å². The van der Waals surface area contributed by atoms with E-state index >= 15 is 0 Å². The lowest BCUT2D eigenvalue weighted by atomic mass is 10.00. The van der Waals surface area contributed by atoms with E-state index in [2.05, 4.69) is 24.6 Å². The van der Waals surface area contributed by atoms with Gasteiger partial charge in [0.25, 0.3) is 0 Å². The highest BCUT2D eigenvalue weighted by Crippen LogP contribution is 2.27. The van der Waals surface area contributed by atoms with Crippen LogP contribution in [0.5, 0.6) is 0 Å². The smallest absolute Gasteiger partial charge is 0.410 e. The molecule has 0 radical (unpaired) electrons. The molecule has 2 rings (SSSR count). The van der Waals surface area contributed by atoms with E-state index in [1.807, 2.05) is 31.5 Å². The SMILES string of the molecule is CC(C)(C)OC(=O)N1CC(c2nccn2COCC[Si](C)(C)C)C1. The van der Waals surface area contributed by atoms with Gasteiger partial charge in [0.05, 0.1) is 5.92 Å². The van der Waals surface area contributed by atoms with Gasteiger partial charge in [-0.2, -0.15) is 0 Å². The van der Waals surface area contributed by atoms with Crippen molar-refractivity contribution in [3.8, 4) is 0 Å². The Morgan fingerprint density at radius 2 is 2.00 bits per heavy atom. The fourth-order valence-corrected chi connectivity index (χ4v) is 3.21. The zero-order valence-electron chi connectivity index (χ0n) is 15.8. The Kier molecular flexibility index (Phi) is 5.75. The van der Waals surface area contributed by atoms with E-state index in [9.17, 15) is 4.79 Å². The number of carbonyl (C=O) groups is 1. The van der Waals surface area contributed by atoms with E-state index in [0.717, 1.165) is 18.5 Å². The van der Waals surface area contributed by atoms with Gasteiger partial charge in [-0.15, -0.1) is 0 Å². The van der Waals surface area contributed by atoms with Crippen LogP contribution >= 0.6 is 0 Å². The predicted octanol–water partition coefficient (Wildman–Crippen LogP) is 3.53. The van der Waals surface area contributed by atoms with Crippen LogP contribution in [0.2, 0.25) is 25.7 Å². The molecule has 0 bridgehead atoms. The van der Waals surface area contributed by atoms with Gasteiger partial charge >= 0.3 is 6.09 Å². The first kappa shape index (κ1) is 19.0. The summed E-state index contributed by atoms with van der Waals surface area (Å²) in [4.78, 5) is 18.2. The van der Waals surface area contributed by atoms with Gasteiger partial charge in [0.1, 0.15) is 18.2 Å². The lowest BCUT2D eigenvalue weighted by molar-refractivity contribution is 0.00632. The van der Waals surface area contributed by atoms with Crippen LogP contribution in [0.3, 0.4) is 0 Å². The molecule has 0 spiro atoms. The minimum atomic E-state index is -1.06. The second-order valence-corrected chi connectivity index (χ2v) is 14.3. The Labute approximate surface area is 146 Å². The summed E-state index contributed by atoms with van der Waals surface area (Å²) in [6, 6.07) is 1.16. The maximum Gasteiger partial charge on any atom is 0.410 e. The fraction of sp³-hybridized carbons (Fsp3) is 0.765. The Morgan fingerprint density at radius 3 is 2.58 bits per heavy atom. The van der Waals surface area contributed by atoms with Crippen molar-refractivity contribution in [2.75, 3.05) is 19.7 Å². The molecular weight excluding hydrogens is 322 g/mol. The highest BCUT2D eigenvalue weighted by Gasteiger charge is 2.36. The molecule has 1 aromatic rings. The van der Waals surface area contributed by atoms with Crippen LogP contribution in [0.25, 0.3) is 0 Å². The molecule has 0 unspecified atom stereocenters. The summed E-state index contributed by atoms with van der Waals surface area (Å²) in [5.74, 6) is 1.25. The van der Waals surface area contributed by atoms with E-state index < -0.39 is 13.7 Å². The average Bonchev–Trinajstić information content (AvgIpc) is 2.77. The van der Waals surface area contributed by atoms with Crippen molar-refractivity contribution in [3.63, 3.8) is 0 Å². The van der Waals surface area contributed by atoms with Crippen molar-refractivity contribution in [2.45, 2.75) is 64.7 Å². The minimum Gasteiger partial charge on any atom is -0.444 e. The highest BCUT2D eigenvalue weighted by atomic mass is 28.3. The third-order valence-electron chi connectivity index (χ3n) is 3.87. The topological polar surface area (TPSA) is 56.6 Å². The largest absolute Gasteiger partial charge is 0.444 e. The van der Waals surface area contributed by atoms with Crippen LogP contribution in [0.1, 0.15) is 32.5 Å². The molecule has 0 N–H and O–H groups in total. The first-order chi connectivity index (χ1) is 11.1. The van der Waals surface area contributed by atoms with Gasteiger partial charge in [0, 0.05) is 40.2 Å². The molecule has 6 nitrogen and oxygen atoms in total. The van der Waals surface area contributed by atoms with Crippen LogP contribution in [-0.4, -0.2) is 53.9 Å². The number of rotatable bonds is 6. The maximum atomic E-state index is 12.0. The molecule has 1 fully saturated rings. The summed E-state index contributed by atoms with van der Waals surface area (Å²) in [6.07, 6.45) is 3.50. The standard InChI is InChI=1S/C17H31N3O3Si/c1-17(2,3)23-16(21)20-11-14(12-20)15-18-7-8-19(15)13-22-9-10-24(4,5)6/h7-8,14H,9-13H2,1-6H3. The van der Waals surface area contributed by atoms with Gasteiger partial charge in [0.2, 0.25) is 0 Å². The molecule has 0 aromatic carbocycles. The molecule has 0 aliphatic carbocycles. The summed E-state index contributed by atoms with van der Waals surface area (Å²) in [6.45, 7) is 15.3. The molecule has 24 heavy (non-hydrogen) atoms. The molecule has 1 aliphatic heterocycles. The number of hydrogen-bond acceptors (Lipinski definition) is 4. The second kappa shape index (κ2) is 7.27. The first-order valence-corrected chi connectivity index (χ1v) is 12.3. The molecule has 1 saturated heterocycles. The Morgan fingerprint density at radius 1 is 1.33 bits per heavy atom. The zero-order valence-corrected chi connectivity index (χ0v) is 16.8. The summed E-state index contributed by atoms with van der Waals surface area (Å²) >= 11 is 0. The van der Waals surface area contributed by atoms with Crippen molar-refractivity contribution in [1.82, 2.24) is 14.5 Å². The van der Waals surface area contributed by atoms with Crippen molar-refractivity contribution >= 4 is 14.2 Å². The third-order valence-corrected chi connectivity index (χ3v) is 5.58. The van der Waals surface area contributed by atoms with Gasteiger partial charge in [-0.1, -0.05) is 19.6 Å². The van der Waals surface area contributed by atoms with E-state index in [1.54, 1.807) is 11.1 Å². The van der Waals surface area contributed by atoms with Crippen LogP contribution in [0.4, 0.5) is 4.79 Å². The molecular formula is C17H31N3O3Si. The summed E-state index contributed by atoms with van der Waals surface area (Å²) in [5, 5.41) is 0. The van der Waals surface area contributed by atoms with Gasteiger partial charge in [-0.05, 0) is 26.8 Å². The van der Waals surface area contributed by atoms with Crippen LogP contribution < -0.4 is 0 Å². The van der Waals surface area contributed by atoms with Crippen molar-refractivity contribution in [3.05, 3.63) is 18.2 Å². The van der Waals surface area contributed by atoms with Crippen LogP contribution in [-0.2, 0) is 16.2 Å². The fourth-order valence-electron chi connectivity index (χ4n) is 2.45. The lowest BCUT2D eigenvalue weighted by Gasteiger charge is -2.39. The minimum absolute atomic E-state index is 0.247. The van der Waals surface area contributed by atoms with Gasteiger partial charge < -0.3 is 18.9 Å². The highest BCUT2D eigenvalue weighted by molar-refractivity contribution is 6.76. The predicted molar refractivity (Wildman–Crippen MR) is 96.9 cm³/mol. The van der Waals surface area contributed by atoms with Crippen LogP contribution in [0.15, 0.2) is 12.4 Å². The van der Waals surface area contributed by atoms with E-state index in [1.165, 1.54) is 0 Å². The molecule has 1 aliphatic rings. The number of imidazole rings is 1. The monoisotopic (exact) mass is 353 g/mol. The Bertz CT molecular complexity index is 554. The van der Waals surface area contributed by atoms with Crippen LogP contribution in [0, 0.1) is 0 Å². The number of likely N-dealkylation sites (tertiary alicyclic amines) is 1. The normalized spacial score (nSPS) is 16.2. The number of hydrogen-bond donors (Lipinski definition) is 0. The van der Waals surface area contributed by atoms with Crippen molar-refractivity contribution in [1.29, 1.82) is 0 Å². The quantitative estimate of drug-likeness (QED) is 0.580.